The molecule has 1 aromatic carbocycles. The van der Waals surface area contributed by atoms with Crippen LogP contribution in [0.25, 0.3) is 0 Å². The maximum atomic E-state index is 12.4. The standard InChI is InChI=1S/C14H17BrN2OS/c1-9-4-5-10(15)8-11(9)12(18)17-14(13(16)19)6-2-3-7-14/h4-5,8H,2-3,6-7H2,1H3,(H2,16,19)(H,17,18). The second-order valence-corrected chi connectivity index (χ2v) is 6.42. The van der Waals surface area contributed by atoms with Gasteiger partial charge >= 0.3 is 0 Å². The van der Waals surface area contributed by atoms with Gasteiger partial charge in [-0.3, -0.25) is 4.79 Å². The zero-order valence-electron chi connectivity index (χ0n) is 10.8. The van der Waals surface area contributed by atoms with Gasteiger partial charge in [0, 0.05) is 10.0 Å². The summed E-state index contributed by atoms with van der Waals surface area (Å²) in [6.45, 7) is 1.92. The second kappa shape index (κ2) is 5.59. The van der Waals surface area contributed by atoms with Crippen LogP contribution in [0.4, 0.5) is 0 Å². The summed E-state index contributed by atoms with van der Waals surface area (Å²) in [4.78, 5) is 12.8. The van der Waals surface area contributed by atoms with E-state index in [0.29, 0.717) is 10.6 Å². The highest BCUT2D eigenvalue weighted by Gasteiger charge is 2.38. The minimum Gasteiger partial charge on any atom is -0.391 e. The van der Waals surface area contributed by atoms with E-state index in [4.69, 9.17) is 18.0 Å². The second-order valence-electron chi connectivity index (χ2n) is 5.07. The van der Waals surface area contributed by atoms with Gasteiger partial charge in [-0.15, -0.1) is 0 Å². The molecule has 0 bridgehead atoms. The topological polar surface area (TPSA) is 55.1 Å². The lowest BCUT2D eigenvalue weighted by Crippen LogP contribution is -2.54. The Morgan fingerprint density at radius 2 is 2.05 bits per heavy atom. The van der Waals surface area contributed by atoms with Crippen molar-refractivity contribution in [2.24, 2.45) is 5.73 Å². The summed E-state index contributed by atoms with van der Waals surface area (Å²) in [7, 11) is 0. The molecular weight excluding hydrogens is 324 g/mol. The fourth-order valence-corrected chi connectivity index (χ4v) is 3.15. The molecular formula is C14H17BrN2OS. The van der Waals surface area contributed by atoms with Crippen LogP contribution in [-0.2, 0) is 0 Å². The molecule has 0 aliphatic heterocycles. The molecule has 1 fully saturated rings. The number of nitrogens with two attached hydrogens (primary N) is 1. The molecule has 1 aromatic rings. The maximum absolute atomic E-state index is 12.4. The number of benzene rings is 1. The molecule has 0 saturated heterocycles. The highest BCUT2D eigenvalue weighted by atomic mass is 79.9. The van der Waals surface area contributed by atoms with Crippen molar-refractivity contribution in [1.29, 1.82) is 0 Å². The summed E-state index contributed by atoms with van der Waals surface area (Å²) >= 11 is 8.54. The highest BCUT2D eigenvalue weighted by Crippen LogP contribution is 2.30. The third-order valence-electron chi connectivity index (χ3n) is 3.73. The molecule has 3 nitrogen and oxygen atoms in total. The number of hydrogen-bond donors (Lipinski definition) is 2. The van der Waals surface area contributed by atoms with Gasteiger partial charge in [-0.2, -0.15) is 0 Å². The van der Waals surface area contributed by atoms with Gasteiger partial charge in [-0.25, -0.2) is 0 Å². The monoisotopic (exact) mass is 340 g/mol. The lowest BCUT2D eigenvalue weighted by molar-refractivity contribution is 0.0924. The van der Waals surface area contributed by atoms with Crippen LogP contribution < -0.4 is 11.1 Å². The minimum atomic E-state index is -0.499. The van der Waals surface area contributed by atoms with Crippen molar-refractivity contribution in [3.8, 4) is 0 Å². The van der Waals surface area contributed by atoms with E-state index in [1.165, 1.54) is 0 Å². The molecule has 5 heteroatoms. The molecule has 0 spiro atoms. The molecule has 0 unspecified atom stereocenters. The van der Waals surface area contributed by atoms with Crippen LogP contribution in [-0.4, -0.2) is 16.4 Å². The quantitative estimate of drug-likeness (QED) is 0.831. The Morgan fingerprint density at radius 1 is 1.42 bits per heavy atom. The lowest BCUT2D eigenvalue weighted by atomic mass is 9.96. The largest absolute Gasteiger partial charge is 0.391 e. The molecule has 1 aliphatic rings. The van der Waals surface area contributed by atoms with Crippen LogP contribution in [0.5, 0.6) is 0 Å². The number of aryl methyl sites for hydroxylation is 1. The number of amides is 1. The van der Waals surface area contributed by atoms with Crippen LogP contribution in [0.1, 0.15) is 41.6 Å². The highest BCUT2D eigenvalue weighted by molar-refractivity contribution is 9.10. The van der Waals surface area contributed by atoms with Crippen LogP contribution in [0, 0.1) is 6.92 Å². The Hall–Kier alpha value is -0.940. The zero-order valence-corrected chi connectivity index (χ0v) is 13.2. The van der Waals surface area contributed by atoms with Crippen molar-refractivity contribution in [2.45, 2.75) is 38.1 Å². The summed E-state index contributed by atoms with van der Waals surface area (Å²) in [6.07, 6.45) is 3.77. The molecule has 3 N–H and O–H groups in total. The molecule has 1 saturated carbocycles. The van der Waals surface area contributed by atoms with Crippen LogP contribution >= 0.6 is 28.1 Å². The fourth-order valence-electron chi connectivity index (χ4n) is 2.54. The van der Waals surface area contributed by atoms with Crippen molar-refractivity contribution in [3.63, 3.8) is 0 Å². The van der Waals surface area contributed by atoms with Gasteiger partial charge < -0.3 is 11.1 Å². The summed E-state index contributed by atoms with van der Waals surface area (Å²) in [5.41, 5.74) is 6.94. The van der Waals surface area contributed by atoms with E-state index in [0.717, 1.165) is 35.7 Å². The van der Waals surface area contributed by atoms with E-state index in [2.05, 4.69) is 21.2 Å². The van der Waals surface area contributed by atoms with E-state index in [-0.39, 0.29) is 5.91 Å². The number of carbonyl (C=O) groups is 1. The molecule has 1 amide bonds. The summed E-state index contributed by atoms with van der Waals surface area (Å²) < 4.78 is 0.888. The molecule has 0 heterocycles. The number of rotatable bonds is 3. The average molecular weight is 341 g/mol. The predicted molar refractivity (Wildman–Crippen MR) is 84.3 cm³/mol. The molecule has 19 heavy (non-hydrogen) atoms. The molecule has 2 rings (SSSR count). The summed E-state index contributed by atoms with van der Waals surface area (Å²) in [5, 5.41) is 3.05. The average Bonchev–Trinajstić information content (AvgIpc) is 2.82. The number of carbonyl (C=O) groups excluding carboxylic acids is 1. The Kier molecular flexibility index (Phi) is 4.26. The van der Waals surface area contributed by atoms with Gasteiger partial charge in [0.1, 0.15) is 0 Å². The minimum absolute atomic E-state index is 0.103. The number of halogens is 1. The number of thiocarbonyl (C=S) groups is 1. The van der Waals surface area contributed by atoms with Gasteiger partial charge in [0.15, 0.2) is 0 Å². The lowest BCUT2D eigenvalue weighted by Gasteiger charge is -2.29. The first-order valence-electron chi connectivity index (χ1n) is 6.33. The van der Waals surface area contributed by atoms with Crippen molar-refractivity contribution < 1.29 is 4.79 Å². The van der Waals surface area contributed by atoms with E-state index < -0.39 is 5.54 Å². The van der Waals surface area contributed by atoms with Crippen molar-refractivity contribution in [3.05, 3.63) is 33.8 Å². The maximum Gasteiger partial charge on any atom is 0.252 e. The van der Waals surface area contributed by atoms with Crippen LogP contribution in [0.3, 0.4) is 0 Å². The fraction of sp³-hybridized carbons (Fsp3) is 0.429. The molecule has 0 aromatic heterocycles. The SMILES string of the molecule is Cc1ccc(Br)cc1C(=O)NC1(C(N)=S)CCCC1. The Labute approximate surface area is 127 Å². The first-order chi connectivity index (χ1) is 8.94. The van der Waals surface area contributed by atoms with E-state index in [1.807, 2.05) is 25.1 Å². The van der Waals surface area contributed by atoms with E-state index in [9.17, 15) is 4.79 Å². The van der Waals surface area contributed by atoms with Gasteiger partial charge in [-0.05, 0) is 37.5 Å². The predicted octanol–water partition coefficient (Wildman–Crippen LogP) is 3.09. The van der Waals surface area contributed by atoms with Crippen molar-refractivity contribution >= 4 is 39.0 Å². The Balaban J connectivity index is 2.25. The van der Waals surface area contributed by atoms with E-state index in [1.54, 1.807) is 0 Å². The van der Waals surface area contributed by atoms with Crippen molar-refractivity contribution in [1.82, 2.24) is 5.32 Å². The first kappa shape index (κ1) is 14.5. The van der Waals surface area contributed by atoms with Gasteiger partial charge in [0.2, 0.25) is 0 Å². The van der Waals surface area contributed by atoms with Crippen LogP contribution in [0.15, 0.2) is 22.7 Å². The Bertz CT molecular complexity index is 524. The summed E-state index contributed by atoms with van der Waals surface area (Å²) in [5.74, 6) is -0.103. The zero-order chi connectivity index (χ0) is 14.0. The molecule has 102 valence electrons. The number of nitrogens with one attached hydrogen (secondary N) is 1. The third-order valence-corrected chi connectivity index (χ3v) is 4.61. The normalized spacial score (nSPS) is 17.2. The Morgan fingerprint density at radius 3 is 2.63 bits per heavy atom. The molecule has 0 atom stereocenters. The number of hydrogen-bond acceptors (Lipinski definition) is 2. The van der Waals surface area contributed by atoms with Crippen molar-refractivity contribution in [2.75, 3.05) is 0 Å². The third kappa shape index (κ3) is 2.98. The van der Waals surface area contributed by atoms with E-state index >= 15 is 0 Å². The van der Waals surface area contributed by atoms with Gasteiger partial charge in [-0.1, -0.05) is 47.1 Å². The molecule has 1 aliphatic carbocycles. The summed E-state index contributed by atoms with van der Waals surface area (Å²) in [6, 6.07) is 5.67. The molecule has 0 radical (unpaired) electrons. The van der Waals surface area contributed by atoms with Gasteiger partial charge in [0.05, 0.1) is 10.5 Å². The van der Waals surface area contributed by atoms with Gasteiger partial charge in [0.25, 0.3) is 5.91 Å². The van der Waals surface area contributed by atoms with Crippen LogP contribution in [0.2, 0.25) is 0 Å². The smallest absolute Gasteiger partial charge is 0.252 e. The first-order valence-corrected chi connectivity index (χ1v) is 7.53.